The highest BCUT2D eigenvalue weighted by Crippen LogP contribution is 2.17. The molecule has 2 unspecified atom stereocenters. The molecule has 0 aromatic rings. The number of thiol groups is 1. The van der Waals surface area contributed by atoms with Gasteiger partial charge in [0.15, 0.2) is 0 Å². The monoisotopic (exact) mass is 272 g/mol. The molecule has 1 rings (SSSR count). The van der Waals surface area contributed by atoms with Crippen LogP contribution in [0.4, 0.5) is 0 Å². The van der Waals surface area contributed by atoms with E-state index in [-0.39, 0.29) is 5.91 Å². The van der Waals surface area contributed by atoms with Crippen molar-refractivity contribution in [2.24, 2.45) is 11.7 Å². The standard InChI is InChI=1S/C12H20N2OS2/c13-11(12(15)14-6-7-16)9-17-8-10-4-2-1-3-5-10/h1-4,10-11,16H,5-9,13H2,(H,14,15). The van der Waals surface area contributed by atoms with Crippen molar-refractivity contribution in [3.05, 3.63) is 24.3 Å². The summed E-state index contributed by atoms with van der Waals surface area (Å²) in [7, 11) is 0. The summed E-state index contributed by atoms with van der Waals surface area (Å²) in [4.78, 5) is 11.5. The summed E-state index contributed by atoms with van der Waals surface area (Å²) < 4.78 is 0. The van der Waals surface area contributed by atoms with Crippen molar-refractivity contribution in [1.29, 1.82) is 0 Å². The first kappa shape index (κ1) is 14.7. The number of allylic oxidation sites excluding steroid dienone is 4. The molecule has 3 nitrogen and oxygen atoms in total. The van der Waals surface area contributed by atoms with E-state index in [9.17, 15) is 4.79 Å². The molecule has 0 aromatic carbocycles. The van der Waals surface area contributed by atoms with Crippen LogP contribution >= 0.6 is 24.4 Å². The van der Waals surface area contributed by atoms with Gasteiger partial charge >= 0.3 is 0 Å². The quantitative estimate of drug-likeness (QED) is 0.611. The number of nitrogens with two attached hydrogens (primary N) is 1. The second-order valence-corrected chi connectivity index (χ2v) is 5.49. The van der Waals surface area contributed by atoms with E-state index in [1.165, 1.54) is 0 Å². The number of carbonyl (C=O) groups excluding carboxylic acids is 1. The van der Waals surface area contributed by atoms with Gasteiger partial charge in [0.05, 0.1) is 6.04 Å². The topological polar surface area (TPSA) is 55.1 Å². The van der Waals surface area contributed by atoms with Crippen molar-refractivity contribution in [1.82, 2.24) is 5.32 Å². The molecule has 0 spiro atoms. The molecular formula is C12H20N2OS2. The Labute approximate surface area is 113 Å². The van der Waals surface area contributed by atoms with E-state index in [0.717, 1.165) is 12.2 Å². The summed E-state index contributed by atoms with van der Waals surface area (Å²) in [5, 5.41) is 2.74. The third kappa shape index (κ3) is 6.19. The Morgan fingerprint density at radius 1 is 1.59 bits per heavy atom. The molecule has 3 N–H and O–H groups in total. The van der Waals surface area contributed by atoms with Crippen molar-refractivity contribution >= 4 is 30.3 Å². The number of carbonyl (C=O) groups is 1. The Hall–Kier alpha value is -0.390. The van der Waals surface area contributed by atoms with E-state index in [1.807, 2.05) is 0 Å². The zero-order valence-corrected chi connectivity index (χ0v) is 11.6. The summed E-state index contributed by atoms with van der Waals surface area (Å²) >= 11 is 5.77. The average molecular weight is 272 g/mol. The molecule has 0 saturated heterocycles. The Bertz CT molecular complexity index is 292. The summed E-state index contributed by atoms with van der Waals surface area (Å²) in [5.74, 6) is 2.84. The van der Waals surface area contributed by atoms with E-state index in [1.54, 1.807) is 11.8 Å². The normalized spacial score (nSPS) is 20.2. The maximum atomic E-state index is 11.5. The second-order valence-electron chi connectivity index (χ2n) is 3.97. The molecule has 0 aromatic heterocycles. The minimum Gasteiger partial charge on any atom is -0.354 e. The smallest absolute Gasteiger partial charge is 0.237 e. The molecule has 1 amide bonds. The second kappa shape index (κ2) is 8.66. The number of hydrogen-bond acceptors (Lipinski definition) is 4. The summed E-state index contributed by atoms with van der Waals surface area (Å²) in [5.41, 5.74) is 5.78. The zero-order chi connectivity index (χ0) is 12.5. The van der Waals surface area contributed by atoms with Crippen LogP contribution in [0.2, 0.25) is 0 Å². The van der Waals surface area contributed by atoms with Crippen LogP contribution in [0.15, 0.2) is 24.3 Å². The Morgan fingerprint density at radius 2 is 2.41 bits per heavy atom. The Morgan fingerprint density at radius 3 is 3.06 bits per heavy atom. The van der Waals surface area contributed by atoms with Gasteiger partial charge < -0.3 is 11.1 Å². The third-order valence-electron chi connectivity index (χ3n) is 2.45. The van der Waals surface area contributed by atoms with Gasteiger partial charge in [-0.2, -0.15) is 24.4 Å². The van der Waals surface area contributed by atoms with E-state index < -0.39 is 6.04 Å². The van der Waals surface area contributed by atoms with Crippen LogP contribution in [-0.2, 0) is 4.79 Å². The van der Waals surface area contributed by atoms with Crippen molar-refractivity contribution in [2.75, 3.05) is 23.8 Å². The molecule has 0 aliphatic heterocycles. The van der Waals surface area contributed by atoms with E-state index in [0.29, 0.717) is 24.0 Å². The summed E-state index contributed by atoms with van der Waals surface area (Å²) in [6.45, 7) is 0.580. The SMILES string of the molecule is NC(CSCC1C=CC=CC1)C(=O)NCCS. The van der Waals surface area contributed by atoms with Crippen LogP contribution in [0.25, 0.3) is 0 Å². The van der Waals surface area contributed by atoms with Gasteiger partial charge in [0.25, 0.3) is 0 Å². The van der Waals surface area contributed by atoms with Gasteiger partial charge in [-0.1, -0.05) is 24.3 Å². The Balaban J connectivity index is 2.10. The van der Waals surface area contributed by atoms with Crippen molar-refractivity contribution in [3.63, 3.8) is 0 Å². The predicted octanol–water partition coefficient (Wildman–Crippen LogP) is 1.23. The van der Waals surface area contributed by atoms with Gasteiger partial charge in [-0.15, -0.1) is 0 Å². The van der Waals surface area contributed by atoms with Gasteiger partial charge in [0, 0.05) is 18.1 Å². The first-order valence-electron chi connectivity index (χ1n) is 5.79. The van der Waals surface area contributed by atoms with E-state index in [2.05, 4.69) is 42.2 Å². The highest BCUT2D eigenvalue weighted by molar-refractivity contribution is 7.99. The number of amides is 1. The molecule has 96 valence electrons. The molecule has 2 atom stereocenters. The summed E-state index contributed by atoms with van der Waals surface area (Å²) in [6.07, 6.45) is 9.61. The minimum absolute atomic E-state index is 0.0781. The average Bonchev–Trinajstić information content (AvgIpc) is 2.37. The highest BCUT2D eigenvalue weighted by atomic mass is 32.2. The van der Waals surface area contributed by atoms with Crippen molar-refractivity contribution in [2.45, 2.75) is 12.5 Å². The van der Waals surface area contributed by atoms with Gasteiger partial charge in [0.2, 0.25) is 5.91 Å². The van der Waals surface area contributed by atoms with E-state index in [4.69, 9.17) is 5.73 Å². The highest BCUT2D eigenvalue weighted by Gasteiger charge is 2.13. The zero-order valence-electron chi connectivity index (χ0n) is 9.84. The Kier molecular flexibility index (Phi) is 7.48. The van der Waals surface area contributed by atoms with Crippen LogP contribution in [0, 0.1) is 5.92 Å². The molecule has 1 aliphatic rings. The molecule has 1 aliphatic carbocycles. The molecule has 17 heavy (non-hydrogen) atoms. The van der Waals surface area contributed by atoms with Crippen LogP contribution in [0.5, 0.6) is 0 Å². The maximum Gasteiger partial charge on any atom is 0.237 e. The molecule has 0 saturated carbocycles. The van der Waals surface area contributed by atoms with Crippen molar-refractivity contribution in [3.8, 4) is 0 Å². The lowest BCUT2D eigenvalue weighted by atomic mass is 10.0. The molecule has 0 radical (unpaired) electrons. The molecule has 0 fully saturated rings. The fraction of sp³-hybridized carbons (Fsp3) is 0.583. The van der Waals surface area contributed by atoms with Crippen LogP contribution in [0.1, 0.15) is 6.42 Å². The molecule has 0 bridgehead atoms. The largest absolute Gasteiger partial charge is 0.354 e. The van der Waals surface area contributed by atoms with Gasteiger partial charge in [0.1, 0.15) is 0 Å². The van der Waals surface area contributed by atoms with E-state index >= 15 is 0 Å². The number of hydrogen-bond donors (Lipinski definition) is 3. The van der Waals surface area contributed by atoms with Crippen LogP contribution in [0.3, 0.4) is 0 Å². The fourth-order valence-electron chi connectivity index (χ4n) is 1.49. The van der Waals surface area contributed by atoms with Gasteiger partial charge in [-0.3, -0.25) is 4.79 Å². The maximum absolute atomic E-state index is 11.5. The van der Waals surface area contributed by atoms with Gasteiger partial charge in [-0.05, 0) is 18.1 Å². The number of nitrogens with one attached hydrogen (secondary N) is 1. The number of rotatable bonds is 7. The molecule has 5 heteroatoms. The van der Waals surface area contributed by atoms with Crippen molar-refractivity contribution < 1.29 is 4.79 Å². The lowest BCUT2D eigenvalue weighted by molar-refractivity contribution is -0.121. The predicted molar refractivity (Wildman–Crippen MR) is 78.6 cm³/mol. The minimum atomic E-state index is -0.414. The molecule has 0 heterocycles. The van der Waals surface area contributed by atoms with Gasteiger partial charge in [-0.25, -0.2) is 0 Å². The fourth-order valence-corrected chi connectivity index (χ4v) is 2.69. The lowest BCUT2D eigenvalue weighted by Crippen LogP contribution is -2.43. The summed E-state index contributed by atoms with van der Waals surface area (Å²) in [6, 6.07) is -0.414. The lowest BCUT2D eigenvalue weighted by Gasteiger charge is -2.15. The third-order valence-corrected chi connectivity index (χ3v) is 3.93. The van der Waals surface area contributed by atoms with Crippen LogP contribution < -0.4 is 11.1 Å². The molecular weight excluding hydrogens is 252 g/mol. The first-order valence-corrected chi connectivity index (χ1v) is 7.58. The van der Waals surface area contributed by atoms with Crippen LogP contribution in [-0.4, -0.2) is 35.8 Å². The number of thioether (sulfide) groups is 1. The first-order chi connectivity index (χ1) is 8.24.